The number of carbonyl (C=O) groups is 1. The lowest BCUT2D eigenvalue weighted by Gasteiger charge is -2.34. The van der Waals surface area contributed by atoms with Crippen molar-refractivity contribution in [2.24, 2.45) is 0 Å². The number of hydrogen-bond donors (Lipinski definition) is 0. The first-order valence-electron chi connectivity index (χ1n) is 10.5. The Kier molecular flexibility index (Phi) is 6.05. The van der Waals surface area contributed by atoms with Crippen LogP contribution in [0.4, 0.5) is 9.52 Å². The van der Waals surface area contributed by atoms with Crippen molar-refractivity contribution in [3.05, 3.63) is 76.9 Å². The quantitative estimate of drug-likeness (QED) is 0.601. The Morgan fingerprint density at radius 1 is 1.00 bits per heavy atom. The number of carbonyl (C=O) groups excluding carboxylic acids is 1. The Labute approximate surface area is 186 Å². The van der Waals surface area contributed by atoms with Crippen LogP contribution in [0.25, 0.3) is 0 Å². The minimum absolute atomic E-state index is 0.0739. The highest BCUT2D eigenvalue weighted by molar-refractivity contribution is 7.09. The molecule has 0 N–H and O–H groups in total. The number of aromatic nitrogens is 2. The van der Waals surface area contributed by atoms with E-state index in [0.717, 1.165) is 35.2 Å². The number of benzene rings is 2. The Hall–Kier alpha value is -2.80. The first kappa shape index (κ1) is 21.4. The third-order valence-electron chi connectivity index (χ3n) is 5.57. The van der Waals surface area contributed by atoms with E-state index < -0.39 is 0 Å². The molecule has 1 aliphatic heterocycles. The van der Waals surface area contributed by atoms with Gasteiger partial charge in [0.15, 0.2) is 0 Å². The summed E-state index contributed by atoms with van der Waals surface area (Å²) in [6, 6.07) is 14.4. The molecule has 162 valence electrons. The van der Waals surface area contributed by atoms with E-state index in [9.17, 15) is 9.18 Å². The van der Waals surface area contributed by atoms with Crippen LogP contribution in [0.3, 0.4) is 0 Å². The maximum atomic E-state index is 13.1. The van der Waals surface area contributed by atoms with Crippen molar-refractivity contribution in [3.8, 4) is 0 Å². The van der Waals surface area contributed by atoms with Gasteiger partial charge in [0.25, 0.3) is 5.91 Å². The smallest absolute Gasteiger partial charge is 0.253 e. The molecule has 3 aromatic rings. The SMILES string of the molecule is CC(C)(C)c1ccc(C(=O)N2CCN(c3nc(Cc4ccc(F)cc4)ns3)CC2)cc1. The highest BCUT2D eigenvalue weighted by Gasteiger charge is 2.24. The number of amides is 1. The van der Waals surface area contributed by atoms with E-state index in [1.807, 2.05) is 29.2 Å². The maximum absolute atomic E-state index is 13.1. The number of halogens is 1. The molecule has 5 nitrogen and oxygen atoms in total. The van der Waals surface area contributed by atoms with Gasteiger partial charge in [0.05, 0.1) is 0 Å². The fourth-order valence-electron chi connectivity index (χ4n) is 3.63. The molecule has 0 unspecified atom stereocenters. The molecule has 1 amide bonds. The lowest BCUT2D eigenvalue weighted by Crippen LogP contribution is -2.48. The van der Waals surface area contributed by atoms with Crippen LogP contribution < -0.4 is 4.90 Å². The average Bonchev–Trinajstić information content (AvgIpc) is 3.23. The number of rotatable bonds is 4. The van der Waals surface area contributed by atoms with Crippen molar-refractivity contribution < 1.29 is 9.18 Å². The zero-order valence-corrected chi connectivity index (χ0v) is 19.0. The van der Waals surface area contributed by atoms with Crippen LogP contribution in [0.1, 0.15) is 48.1 Å². The molecule has 0 radical (unpaired) electrons. The zero-order valence-electron chi connectivity index (χ0n) is 18.1. The summed E-state index contributed by atoms with van der Waals surface area (Å²) < 4.78 is 17.5. The highest BCUT2D eigenvalue weighted by Crippen LogP contribution is 2.24. The standard InChI is InChI=1S/C24H27FN4OS/c1-24(2,3)19-8-6-18(7-9-19)22(30)28-12-14-29(15-13-28)23-26-21(27-31-23)16-17-4-10-20(25)11-5-17/h4-11H,12-16H2,1-3H3. The third-order valence-corrected chi connectivity index (χ3v) is 6.38. The molecule has 0 saturated carbocycles. The second kappa shape index (κ2) is 8.75. The minimum atomic E-state index is -0.242. The minimum Gasteiger partial charge on any atom is -0.343 e. The summed E-state index contributed by atoms with van der Waals surface area (Å²) in [4.78, 5) is 21.6. The molecule has 1 fully saturated rings. The second-order valence-corrected chi connectivity index (χ2v) is 9.63. The van der Waals surface area contributed by atoms with Crippen LogP contribution in [0, 0.1) is 5.82 Å². The monoisotopic (exact) mass is 438 g/mol. The maximum Gasteiger partial charge on any atom is 0.253 e. The Morgan fingerprint density at radius 2 is 1.65 bits per heavy atom. The largest absolute Gasteiger partial charge is 0.343 e. The van der Waals surface area contributed by atoms with Gasteiger partial charge in [0, 0.05) is 49.7 Å². The molecule has 0 bridgehead atoms. The fraction of sp³-hybridized carbons (Fsp3) is 0.375. The summed E-state index contributed by atoms with van der Waals surface area (Å²) >= 11 is 1.38. The number of anilines is 1. The van der Waals surface area contributed by atoms with Crippen LogP contribution >= 0.6 is 11.5 Å². The third kappa shape index (κ3) is 5.10. The second-order valence-electron chi connectivity index (χ2n) is 8.90. The predicted molar refractivity (Wildman–Crippen MR) is 122 cm³/mol. The van der Waals surface area contributed by atoms with Crippen LogP contribution in [0.2, 0.25) is 0 Å². The molecule has 1 saturated heterocycles. The molecule has 0 atom stereocenters. The van der Waals surface area contributed by atoms with Gasteiger partial charge in [0.1, 0.15) is 11.6 Å². The van der Waals surface area contributed by atoms with Gasteiger partial charge in [-0.1, -0.05) is 45.0 Å². The van der Waals surface area contributed by atoms with Gasteiger partial charge in [-0.2, -0.15) is 4.37 Å². The summed E-state index contributed by atoms with van der Waals surface area (Å²) in [6.45, 7) is 9.29. The van der Waals surface area contributed by atoms with Crippen LogP contribution in [0.5, 0.6) is 0 Å². The van der Waals surface area contributed by atoms with E-state index in [4.69, 9.17) is 0 Å². The molecular weight excluding hydrogens is 411 g/mol. The topological polar surface area (TPSA) is 49.3 Å². The molecule has 1 aliphatic rings. The summed E-state index contributed by atoms with van der Waals surface area (Å²) in [5.41, 5.74) is 3.02. The molecule has 0 spiro atoms. The summed E-state index contributed by atoms with van der Waals surface area (Å²) in [5, 5.41) is 0.874. The summed E-state index contributed by atoms with van der Waals surface area (Å²) in [6.07, 6.45) is 0.583. The Morgan fingerprint density at radius 3 is 2.26 bits per heavy atom. The van der Waals surface area contributed by atoms with E-state index in [1.165, 1.54) is 29.2 Å². The first-order chi connectivity index (χ1) is 14.8. The Balaban J connectivity index is 1.34. The lowest BCUT2D eigenvalue weighted by molar-refractivity contribution is 0.0746. The van der Waals surface area contributed by atoms with Crippen LogP contribution in [-0.2, 0) is 11.8 Å². The van der Waals surface area contributed by atoms with Crippen molar-refractivity contribution in [1.82, 2.24) is 14.3 Å². The van der Waals surface area contributed by atoms with Gasteiger partial charge in [0.2, 0.25) is 5.13 Å². The molecule has 2 aromatic carbocycles. The van der Waals surface area contributed by atoms with Gasteiger partial charge in [-0.05, 0) is 40.8 Å². The van der Waals surface area contributed by atoms with E-state index in [2.05, 4.69) is 35.0 Å². The van der Waals surface area contributed by atoms with E-state index >= 15 is 0 Å². The van der Waals surface area contributed by atoms with Crippen LogP contribution in [0.15, 0.2) is 48.5 Å². The van der Waals surface area contributed by atoms with E-state index in [0.29, 0.717) is 19.5 Å². The normalized spacial score (nSPS) is 14.7. The first-order valence-corrected chi connectivity index (χ1v) is 11.3. The fourth-order valence-corrected chi connectivity index (χ4v) is 4.36. The molecule has 31 heavy (non-hydrogen) atoms. The van der Waals surface area contributed by atoms with Crippen molar-refractivity contribution >= 4 is 22.6 Å². The van der Waals surface area contributed by atoms with Gasteiger partial charge in [-0.15, -0.1) is 0 Å². The van der Waals surface area contributed by atoms with Crippen LogP contribution in [-0.4, -0.2) is 46.3 Å². The van der Waals surface area contributed by atoms with Crippen molar-refractivity contribution in [2.45, 2.75) is 32.6 Å². The number of piperazine rings is 1. The summed E-state index contributed by atoms with van der Waals surface area (Å²) in [7, 11) is 0. The number of nitrogens with zero attached hydrogens (tertiary/aromatic N) is 4. The van der Waals surface area contributed by atoms with Crippen molar-refractivity contribution in [2.75, 3.05) is 31.1 Å². The zero-order chi connectivity index (χ0) is 22.0. The van der Waals surface area contributed by atoms with Crippen molar-refractivity contribution in [1.29, 1.82) is 0 Å². The van der Waals surface area contributed by atoms with E-state index in [-0.39, 0.29) is 17.1 Å². The predicted octanol–water partition coefficient (Wildman–Crippen LogP) is 4.53. The molecule has 4 rings (SSSR count). The van der Waals surface area contributed by atoms with Gasteiger partial charge >= 0.3 is 0 Å². The molecule has 2 heterocycles. The average molecular weight is 439 g/mol. The van der Waals surface area contributed by atoms with Gasteiger partial charge in [-0.25, -0.2) is 9.37 Å². The molecule has 1 aromatic heterocycles. The van der Waals surface area contributed by atoms with Gasteiger partial charge in [-0.3, -0.25) is 4.79 Å². The lowest BCUT2D eigenvalue weighted by atomic mass is 9.86. The Bertz CT molecular complexity index is 1030. The highest BCUT2D eigenvalue weighted by atomic mass is 32.1. The molecule has 0 aliphatic carbocycles. The van der Waals surface area contributed by atoms with E-state index in [1.54, 1.807) is 12.1 Å². The number of hydrogen-bond acceptors (Lipinski definition) is 5. The van der Waals surface area contributed by atoms with Crippen molar-refractivity contribution in [3.63, 3.8) is 0 Å². The summed E-state index contributed by atoms with van der Waals surface area (Å²) in [5.74, 6) is 0.576. The molecular formula is C24H27FN4OS. The molecule has 7 heteroatoms. The van der Waals surface area contributed by atoms with Gasteiger partial charge < -0.3 is 9.80 Å².